The van der Waals surface area contributed by atoms with Gasteiger partial charge in [0.2, 0.25) is 0 Å². The molecular weight excluding hydrogens is 320 g/mol. The van der Waals surface area contributed by atoms with Gasteiger partial charge in [-0.3, -0.25) is 4.79 Å². The monoisotopic (exact) mass is 338 g/mol. The third kappa shape index (κ3) is 2.34. The van der Waals surface area contributed by atoms with Crippen LogP contribution in [-0.4, -0.2) is 23.3 Å². The summed E-state index contributed by atoms with van der Waals surface area (Å²) in [5.74, 6) is -0.513. The van der Waals surface area contributed by atoms with Gasteiger partial charge in [-0.2, -0.15) is 0 Å². The first-order valence-electron chi connectivity index (χ1n) is 7.08. The molecule has 0 N–H and O–H groups in total. The Labute approximate surface area is 127 Å². The van der Waals surface area contributed by atoms with Gasteiger partial charge >= 0.3 is 0 Å². The highest BCUT2D eigenvalue weighted by molar-refractivity contribution is 9.10. The number of hydrogen-bond donors (Lipinski definition) is 0. The van der Waals surface area contributed by atoms with Crippen molar-refractivity contribution < 1.29 is 14.3 Å². The molecule has 3 nitrogen and oxygen atoms in total. The van der Waals surface area contributed by atoms with Crippen molar-refractivity contribution in [2.24, 2.45) is 0 Å². The molecule has 3 rings (SSSR count). The molecule has 1 heterocycles. The molecule has 0 aromatic heterocycles. The van der Waals surface area contributed by atoms with Crippen molar-refractivity contribution in [1.82, 2.24) is 0 Å². The largest absolute Gasteiger partial charge is 0.344 e. The van der Waals surface area contributed by atoms with Crippen LogP contribution in [0.25, 0.3) is 0 Å². The molecule has 2 atom stereocenters. The van der Waals surface area contributed by atoms with Gasteiger partial charge in [0.05, 0.1) is 6.10 Å². The van der Waals surface area contributed by atoms with Gasteiger partial charge < -0.3 is 9.47 Å². The summed E-state index contributed by atoms with van der Waals surface area (Å²) < 4.78 is 13.1. The van der Waals surface area contributed by atoms with Crippen LogP contribution in [0.2, 0.25) is 0 Å². The summed E-state index contributed by atoms with van der Waals surface area (Å²) in [5.41, 5.74) is 0.278. The molecule has 1 aromatic carbocycles. The topological polar surface area (TPSA) is 35.5 Å². The molecule has 1 aliphatic carbocycles. The molecule has 4 heteroatoms. The molecule has 2 aliphatic rings. The van der Waals surface area contributed by atoms with Crippen LogP contribution in [0.15, 0.2) is 28.7 Å². The number of carbonyl (C=O) groups excluding carboxylic acids is 1. The van der Waals surface area contributed by atoms with Crippen molar-refractivity contribution in [3.63, 3.8) is 0 Å². The molecular formula is C16H19BrO3. The zero-order valence-electron chi connectivity index (χ0n) is 11.8. The Hall–Kier alpha value is -0.710. The number of ether oxygens (including phenoxy) is 2. The van der Waals surface area contributed by atoms with E-state index in [-0.39, 0.29) is 11.9 Å². The predicted octanol–water partition coefficient (Wildman–Crippen LogP) is 3.63. The minimum absolute atomic E-state index is 0.133. The van der Waals surface area contributed by atoms with Crippen LogP contribution >= 0.6 is 15.9 Å². The van der Waals surface area contributed by atoms with E-state index >= 15 is 0 Å². The van der Waals surface area contributed by atoms with E-state index in [1.165, 1.54) is 0 Å². The number of halogens is 1. The number of carbonyl (C=O) groups is 1. The van der Waals surface area contributed by atoms with E-state index in [9.17, 15) is 4.79 Å². The van der Waals surface area contributed by atoms with Crippen LogP contribution < -0.4 is 0 Å². The van der Waals surface area contributed by atoms with Gasteiger partial charge in [0.25, 0.3) is 0 Å². The summed E-state index contributed by atoms with van der Waals surface area (Å²) in [4.78, 5) is 12.6. The Morgan fingerprint density at radius 1 is 1.35 bits per heavy atom. The fraction of sp³-hybridized carbons (Fsp3) is 0.562. The summed E-state index contributed by atoms with van der Waals surface area (Å²) in [6.45, 7) is 3.78. The zero-order valence-corrected chi connectivity index (χ0v) is 13.4. The van der Waals surface area contributed by atoms with E-state index < -0.39 is 11.4 Å². The smallest absolute Gasteiger partial charge is 0.167 e. The number of ketones is 1. The number of benzene rings is 1. The third-order valence-electron chi connectivity index (χ3n) is 4.13. The molecule has 1 aromatic rings. The Morgan fingerprint density at radius 3 is 2.85 bits per heavy atom. The van der Waals surface area contributed by atoms with E-state index in [4.69, 9.17) is 9.47 Å². The molecule has 20 heavy (non-hydrogen) atoms. The third-order valence-corrected chi connectivity index (χ3v) is 4.90. The number of hydrogen-bond acceptors (Lipinski definition) is 3. The number of fused-ring (bicyclic) bond motifs is 1. The first-order chi connectivity index (χ1) is 9.43. The predicted molar refractivity (Wildman–Crippen MR) is 79.5 cm³/mol. The minimum Gasteiger partial charge on any atom is -0.344 e. The van der Waals surface area contributed by atoms with Crippen molar-refractivity contribution in [2.75, 3.05) is 0 Å². The van der Waals surface area contributed by atoms with E-state index in [2.05, 4.69) is 15.9 Å². The molecule has 0 amide bonds. The van der Waals surface area contributed by atoms with Gasteiger partial charge in [-0.05, 0) is 38.3 Å². The van der Waals surface area contributed by atoms with Gasteiger partial charge in [0.1, 0.15) is 0 Å². The van der Waals surface area contributed by atoms with Crippen molar-refractivity contribution >= 4 is 21.7 Å². The maximum Gasteiger partial charge on any atom is 0.167 e. The lowest BCUT2D eigenvalue weighted by Gasteiger charge is -2.35. The molecule has 2 fully saturated rings. The van der Waals surface area contributed by atoms with Crippen LogP contribution in [0, 0.1) is 0 Å². The lowest BCUT2D eigenvalue weighted by atomic mass is 9.77. The van der Waals surface area contributed by atoms with Gasteiger partial charge in [0.15, 0.2) is 17.2 Å². The number of Topliss-reactive ketones (excluding diaryl/α,β-unsaturated/α-hetero) is 1. The average Bonchev–Trinajstić information content (AvgIpc) is 2.65. The average molecular weight is 339 g/mol. The first kappa shape index (κ1) is 14.2. The van der Waals surface area contributed by atoms with E-state index in [1.807, 2.05) is 38.1 Å². The first-order valence-corrected chi connectivity index (χ1v) is 7.87. The van der Waals surface area contributed by atoms with Crippen LogP contribution in [0.1, 0.15) is 38.7 Å². The summed E-state index contributed by atoms with van der Waals surface area (Å²) >= 11 is 3.56. The molecule has 0 spiro atoms. The summed E-state index contributed by atoms with van der Waals surface area (Å²) in [5, 5.41) is 0. The summed E-state index contributed by atoms with van der Waals surface area (Å²) in [7, 11) is 0. The van der Waals surface area contributed by atoms with Crippen molar-refractivity contribution in [2.45, 2.75) is 57.0 Å². The van der Waals surface area contributed by atoms with Gasteiger partial charge in [0, 0.05) is 17.3 Å². The lowest BCUT2D eigenvalue weighted by Crippen LogP contribution is -2.52. The van der Waals surface area contributed by atoms with E-state index in [0.29, 0.717) is 12.8 Å². The zero-order chi connectivity index (χ0) is 14.4. The highest BCUT2D eigenvalue weighted by atomic mass is 79.9. The molecule has 1 aliphatic heterocycles. The molecule has 108 valence electrons. The van der Waals surface area contributed by atoms with Crippen molar-refractivity contribution in [3.8, 4) is 0 Å². The Balaban J connectivity index is 1.98. The van der Waals surface area contributed by atoms with Crippen molar-refractivity contribution in [1.29, 1.82) is 0 Å². The quantitative estimate of drug-likeness (QED) is 0.825. The van der Waals surface area contributed by atoms with Gasteiger partial charge in [-0.1, -0.05) is 34.1 Å². The summed E-state index contributed by atoms with van der Waals surface area (Å²) in [6, 6.07) is 7.99. The van der Waals surface area contributed by atoms with Crippen molar-refractivity contribution in [3.05, 3.63) is 34.3 Å². The molecule has 0 radical (unpaired) electrons. The lowest BCUT2D eigenvalue weighted by molar-refractivity contribution is -0.171. The maximum absolute atomic E-state index is 12.6. The number of rotatable bonds is 2. The molecule has 0 unspecified atom stereocenters. The van der Waals surface area contributed by atoms with Crippen LogP contribution in [-0.2, 0) is 20.7 Å². The second-order valence-electron chi connectivity index (χ2n) is 6.08. The minimum atomic E-state index is -0.814. The van der Waals surface area contributed by atoms with Gasteiger partial charge in [-0.15, -0.1) is 0 Å². The second kappa shape index (κ2) is 4.93. The SMILES string of the molecule is CC1(C)O[C@@H]2CCCC(=O)[C@]2(Cc2ccccc2Br)O1. The fourth-order valence-electron chi connectivity index (χ4n) is 3.33. The van der Waals surface area contributed by atoms with Crippen LogP contribution in [0.3, 0.4) is 0 Å². The molecule has 1 saturated carbocycles. The standard InChI is InChI=1S/C16H19BrO3/c1-15(2)19-14-9-5-8-13(18)16(14,20-15)10-11-6-3-4-7-12(11)17/h3-4,6-7,14H,5,8-10H2,1-2H3/t14-,16+/m1/s1. The molecule has 0 bridgehead atoms. The Bertz CT molecular complexity index is 540. The van der Waals surface area contributed by atoms with Gasteiger partial charge in [-0.25, -0.2) is 0 Å². The van der Waals surface area contributed by atoms with E-state index in [1.54, 1.807) is 0 Å². The molecule has 1 saturated heterocycles. The Kier molecular flexibility index (Phi) is 3.51. The Morgan fingerprint density at radius 2 is 2.10 bits per heavy atom. The maximum atomic E-state index is 12.6. The fourth-order valence-corrected chi connectivity index (χ4v) is 3.75. The summed E-state index contributed by atoms with van der Waals surface area (Å²) in [6.07, 6.45) is 2.80. The second-order valence-corrected chi connectivity index (χ2v) is 6.94. The highest BCUT2D eigenvalue weighted by Crippen LogP contribution is 2.45. The normalized spacial score (nSPS) is 32.1. The van der Waals surface area contributed by atoms with E-state index in [0.717, 1.165) is 22.9 Å². The highest BCUT2D eigenvalue weighted by Gasteiger charge is 2.58. The van der Waals surface area contributed by atoms with Crippen LogP contribution in [0.5, 0.6) is 0 Å². The van der Waals surface area contributed by atoms with Crippen LogP contribution in [0.4, 0.5) is 0 Å².